The SMILES string of the molecule is CCN1CCN(CCCNC(=O)c2ccc(CS(=O)c3ccc(Cl)cc3)o2)CC1. The average Bonchev–Trinajstić information content (AvgIpc) is 3.20. The number of furan rings is 1. The first-order chi connectivity index (χ1) is 14.0. The van der Waals surface area contributed by atoms with Crippen LogP contribution in [0.4, 0.5) is 0 Å². The van der Waals surface area contributed by atoms with Crippen molar-refractivity contribution in [1.29, 1.82) is 0 Å². The summed E-state index contributed by atoms with van der Waals surface area (Å²) < 4.78 is 18.0. The minimum atomic E-state index is -1.25. The molecular formula is C21H28ClN3O3S. The summed E-state index contributed by atoms with van der Waals surface area (Å²) in [5.74, 6) is 0.768. The van der Waals surface area contributed by atoms with Gasteiger partial charge in [-0.3, -0.25) is 9.00 Å². The number of hydrogen-bond donors (Lipinski definition) is 1. The zero-order valence-corrected chi connectivity index (χ0v) is 18.3. The van der Waals surface area contributed by atoms with Crippen molar-refractivity contribution >= 4 is 28.3 Å². The summed E-state index contributed by atoms with van der Waals surface area (Å²) in [7, 11) is -1.25. The van der Waals surface area contributed by atoms with E-state index in [0.29, 0.717) is 22.2 Å². The van der Waals surface area contributed by atoms with Crippen molar-refractivity contribution in [3.8, 4) is 0 Å². The van der Waals surface area contributed by atoms with Gasteiger partial charge in [-0.15, -0.1) is 0 Å². The highest BCUT2D eigenvalue weighted by atomic mass is 35.5. The Morgan fingerprint density at radius 2 is 1.79 bits per heavy atom. The summed E-state index contributed by atoms with van der Waals surface area (Å²) in [6.45, 7) is 9.33. The molecule has 0 spiro atoms. The molecule has 1 aromatic heterocycles. The van der Waals surface area contributed by atoms with Gasteiger partial charge in [0, 0.05) is 42.6 Å². The van der Waals surface area contributed by atoms with Crippen LogP contribution in [0.2, 0.25) is 5.02 Å². The molecule has 1 atom stereocenters. The van der Waals surface area contributed by atoms with Gasteiger partial charge in [-0.2, -0.15) is 0 Å². The lowest BCUT2D eigenvalue weighted by Gasteiger charge is -2.33. The fourth-order valence-electron chi connectivity index (χ4n) is 3.30. The Morgan fingerprint density at radius 3 is 2.48 bits per heavy atom. The molecule has 8 heteroatoms. The number of benzene rings is 1. The maximum absolute atomic E-state index is 12.4. The smallest absolute Gasteiger partial charge is 0.286 e. The Balaban J connectivity index is 1.39. The number of hydrogen-bond acceptors (Lipinski definition) is 5. The van der Waals surface area contributed by atoms with E-state index in [-0.39, 0.29) is 17.4 Å². The highest BCUT2D eigenvalue weighted by Crippen LogP contribution is 2.17. The summed E-state index contributed by atoms with van der Waals surface area (Å²) in [6.07, 6.45) is 0.909. The molecule has 1 aliphatic rings. The van der Waals surface area contributed by atoms with Crippen LogP contribution in [-0.2, 0) is 16.6 Å². The second kappa shape index (κ2) is 10.9. The highest BCUT2D eigenvalue weighted by molar-refractivity contribution is 7.84. The minimum absolute atomic E-state index is 0.221. The molecule has 2 heterocycles. The molecular weight excluding hydrogens is 410 g/mol. The lowest BCUT2D eigenvalue weighted by molar-refractivity contribution is 0.0919. The molecule has 29 heavy (non-hydrogen) atoms. The molecule has 0 aliphatic carbocycles. The van der Waals surface area contributed by atoms with Gasteiger partial charge in [0.1, 0.15) is 5.76 Å². The first-order valence-corrected chi connectivity index (χ1v) is 11.7. The summed E-state index contributed by atoms with van der Waals surface area (Å²) in [4.78, 5) is 17.8. The summed E-state index contributed by atoms with van der Waals surface area (Å²) in [6, 6.07) is 10.2. The zero-order chi connectivity index (χ0) is 20.6. The predicted octanol–water partition coefficient (Wildman–Crippen LogP) is 3.00. The van der Waals surface area contributed by atoms with Crippen molar-refractivity contribution in [2.45, 2.75) is 24.0 Å². The zero-order valence-electron chi connectivity index (χ0n) is 16.7. The van der Waals surface area contributed by atoms with E-state index in [1.54, 1.807) is 36.4 Å². The first kappa shape index (κ1) is 22.0. The molecule has 1 N–H and O–H groups in total. The Morgan fingerprint density at radius 1 is 1.10 bits per heavy atom. The highest BCUT2D eigenvalue weighted by Gasteiger charge is 2.16. The van der Waals surface area contributed by atoms with Crippen LogP contribution in [0.25, 0.3) is 0 Å². The fraction of sp³-hybridized carbons (Fsp3) is 0.476. The Bertz CT molecular complexity index is 817. The van der Waals surface area contributed by atoms with Crippen LogP contribution in [0.5, 0.6) is 0 Å². The van der Waals surface area contributed by atoms with Crippen molar-refractivity contribution in [3.05, 3.63) is 52.9 Å². The predicted molar refractivity (Wildman–Crippen MR) is 116 cm³/mol. The number of amides is 1. The Hall–Kier alpha value is -1.67. The molecule has 1 fully saturated rings. The van der Waals surface area contributed by atoms with Gasteiger partial charge in [-0.05, 0) is 55.9 Å². The van der Waals surface area contributed by atoms with E-state index in [2.05, 4.69) is 22.0 Å². The molecule has 158 valence electrons. The third-order valence-corrected chi connectivity index (χ3v) is 6.68. The van der Waals surface area contributed by atoms with Crippen molar-refractivity contribution < 1.29 is 13.4 Å². The van der Waals surface area contributed by atoms with Gasteiger partial charge >= 0.3 is 0 Å². The monoisotopic (exact) mass is 437 g/mol. The number of carbonyl (C=O) groups excluding carboxylic acids is 1. The summed E-state index contributed by atoms with van der Waals surface area (Å²) in [5.41, 5.74) is 0. The van der Waals surface area contributed by atoms with Crippen molar-refractivity contribution in [2.75, 3.05) is 45.8 Å². The van der Waals surface area contributed by atoms with E-state index in [0.717, 1.165) is 45.7 Å². The van der Waals surface area contributed by atoms with Gasteiger partial charge in [-0.1, -0.05) is 18.5 Å². The van der Waals surface area contributed by atoms with Crippen molar-refractivity contribution in [1.82, 2.24) is 15.1 Å². The lowest BCUT2D eigenvalue weighted by Crippen LogP contribution is -2.46. The summed E-state index contributed by atoms with van der Waals surface area (Å²) in [5, 5.41) is 3.51. The summed E-state index contributed by atoms with van der Waals surface area (Å²) >= 11 is 5.86. The van der Waals surface area contributed by atoms with Gasteiger partial charge in [0.15, 0.2) is 5.76 Å². The molecule has 1 aromatic carbocycles. The number of likely N-dealkylation sites (N-methyl/N-ethyl adjacent to an activating group) is 1. The van der Waals surface area contributed by atoms with Gasteiger partial charge in [0.2, 0.25) is 0 Å². The van der Waals surface area contributed by atoms with E-state index in [9.17, 15) is 9.00 Å². The van der Waals surface area contributed by atoms with Crippen molar-refractivity contribution in [2.24, 2.45) is 0 Å². The Kier molecular flexibility index (Phi) is 8.29. The van der Waals surface area contributed by atoms with E-state index in [1.165, 1.54) is 0 Å². The molecule has 6 nitrogen and oxygen atoms in total. The molecule has 1 saturated heterocycles. The van der Waals surface area contributed by atoms with Crippen LogP contribution in [-0.4, -0.2) is 65.7 Å². The van der Waals surface area contributed by atoms with Gasteiger partial charge in [0.05, 0.1) is 16.6 Å². The first-order valence-electron chi connectivity index (χ1n) is 10.0. The normalized spacial score (nSPS) is 16.6. The van der Waals surface area contributed by atoms with E-state index >= 15 is 0 Å². The third kappa shape index (κ3) is 6.67. The fourth-order valence-corrected chi connectivity index (χ4v) is 4.44. The number of piperazine rings is 1. The second-order valence-electron chi connectivity index (χ2n) is 7.10. The molecule has 0 saturated carbocycles. The third-order valence-electron chi connectivity index (χ3n) is 5.08. The standard InChI is InChI=1S/C21H28ClN3O3S/c1-2-24-12-14-25(15-13-24)11-3-10-23-21(26)20-9-6-18(28-20)16-29(27)19-7-4-17(22)5-8-19/h4-9H,2-3,10-16H2,1H3,(H,23,26). The van der Waals surface area contributed by atoms with E-state index in [4.69, 9.17) is 16.0 Å². The number of nitrogens with one attached hydrogen (secondary N) is 1. The maximum atomic E-state index is 12.4. The van der Waals surface area contributed by atoms with Gasteiger partial charge in [0.25, 0.3) is 5.91 Å². The van der Waals surface area contributed by atoms with Gasteiger partial charge in [-0.25, -0.2) is 0 Å². The van der Waals surface area contributed by atoms with Crippen LogP contribution < -0.4 is 5.32 Å². The van der Waals surface area contributed by atoms with Crippen LogP contribution in [0.15, 0.2) is 45.7 Å². The van der Waals surface area contributed by atoms with Crippen LogP contribution in [0.1, 0.15) is 29.7 Å². The molecule has 1 amide bonds. The minimum Gasteiger partial charge on any atom is -0.455 e. The number of rotatable bonds is 9. The molecule has 3 rings (SSSR count). The molecule has 1 unspecified atom stereocenters. The Labute approximate surface area is 179 Å². The van der Waals surface area contributed by atoms with Crippen molar-refractivity contribution in [3.63, 3.8) is 0 Å². The van der Waals surface area contributed by atoms with E-state index in [1.807, 2.05) is 0 Å². The molecule has 1 aliphatic heterocycles. The lowest BCUT2D eigenvalue weighted by atomic mass is 10.3. The van der Waals surface area contributed by atoms with Crippen LogP contribution in [0, 0.1) is 0 Å². The number of carbonyl (C=O) groups is 1. The molecule has 2 aromatic rings. The topological polar surface area (TPSA) is 65.8 Å². The van der Waals surface area contributed by atoms with Crippen LogP contribution >= 0.6 is 11.6 Å². The average molecular weight is 438 g/mol. The van der Waals surface area contributed by atoms with Gasteiger partial charge < -0.3 is 19.5 Å². The van der Waals surface area contributed by atoms with E-state index < -0.39 is 10.8 Å². The maximum Gasteiger partial charge on any atom is 0.286 e. The molecule has 0 bridgehead atoms. The second-order valence-corrected chi connectivity index (χ2v) is 8.98. The number of nitrogens with zero attached hydrogens (tertiary/aromatic N) is 2. The molecule has 0 radical (unpaired) electrons. The number of halogens is 1. The largest absolute Gasteiger partial charge is 0.455 e. The quantitative estimate of drug-likeness (QED) is 0.611. The van der Waals surface area contributed by atoms with Crippen LogP contribution in [0.3, 0.4) is 0 Å².